The first-order valence-electron chi connectivity index (χ1n) is 9.60. The van der Waals surface area contributed by atoms with Crippen LogP contribution in [0.5, 0.6) is 11.5 Å². The van der Waals surface area contributed by atoms with Crippen LogP contribution in [0.4, 0.5) is 10.8 Å². The average Bonchev–Trinajstić information content (AvgIpc) is 3.23. The van der Waals surface area contributed by atoms with Crippen molar-refractivity contribution in [2.45, 2.75) is 0 Å². The predicted molar refractivity (Wildman–Crippen MR) is 118 cm³/mol. The topological polar surface area (TPSA) is 60.5 Å². The van der Waals surface area contributed by atoms with Crippen LogP contribution in [0.25, 0.3) is 11.3 Å². The van der Waals surface area contributed by atoms with E-state index in [0.717, 1.165) is 17.0 Å². The van der Waals surface area contributed by atoms with Crippen LogP contribution in [0.3, 0.4) is 0 Å². The maximum absolute atomic E-state index is 13.2. The molecule has 0 saturated carbocycles. The SMILES string of the molecule is O=C(c1ccccc1)c1sc(Nc2ccc3c(c2)OCCO3)nc1-c1ccccc1. The molecular formula is C24H18N2O3S. The standard InChI is InChI=1S/C24H18N2O3S/c27-22(17-9-5-2-6-10-17)23-21(16-7-3-1-4-8-16)26-24(30-23)25-18-11-12-19-20(15-18)29-14-13-28-19/h1-12,15H,13-14H2,(H,25,26). The number of carbonyl (C=O) groups excluding carboxylic acids is 1. The number of hydrogen-bond acceptors (Lipinski definition) is 6. The number of nitrogens with one attached hydrogen (secondary N) is 1. The summed E-state index contributed by atoms with van der Waals surface area (Å²) in [6.07, 6.45) is 0. The van der Waals surface area contributed by atoms with Gasteiger partial charge in [0.1, 0.15) is 18.1 Å². The van der Waals surface area contributed by atoms with Gasteiger partial charge in [-0.25, -0.2) is 4.98 Å². The van der Waals surface area contributed by atoms with Crippen molar-refractivity contribution >= 4 is 27.9 Å². The van der Waals surface area contributed by atoms with Gasteiger partial charge in [-0.15, -0.1) is 0 Å². The van der Waals surface area contributed by atoms with Gasteiger partial charge in [-0.2, -0.15) is 0 Å². The Morgan fingerprint density at radius 1 is 0.867 bits per heavy atom. The van der Waals surface area contributed by atoms with Crippen molar-refractivity contribution in [2.75, 3.05) is 18.5 Å². The molecule has 0 atom stereocenters. The van der Waals surface area contributed by atoms with E-state index in [2.05, 4.69) is 5.32 Å². The van der Waals surface area contributed by atoms with Crippen LogP contribution >= 0.6 is 11.3 Å². The van der Waals surface area contributed by atoms with Crippen LogP contribution in [0.15, 0.2) is 78.9 Å². The number of anilines is 2. The number of hydrogen-bond donors (Lipinski definition) is 1. The normalized spacial score (nSPS) is 12.4. The monoisotopic (exact) mass is 414 g/mol. The van der Waals surface area contributed by atoms with Crippen molar-refractivity contribution in [3.63, 3.8) is 0 Å². The van der Waals surface area contributed by atoms with Crippen LogP contribution in [0.2, 0.25) is 0 Å². The Morgan fingerprint density at radius 3 is 2.33 bits per heavy atom. The fraction of sp³-hybridized carbons (Fsp3) is 0.0833. The summed E-state index contributed by atoms with van der Waals surface area (Å²) < 4.78 is 11.2. The number of nitrogens with zero attached hydrogens (tertiary/aromatic N) is 1. The maximum atomic E-state index is 13.2. The Morgan fingerprint density at radius 2 is 1.57 bits per heavy atom. The number of thiazole rings is 1. The summed E-state index contributed by atoms with van der Waals surface area (Å²) in [5.41, 5.74) is 3.05. The summed E-state index contributed by atoms with van der Waals surface area (Å²) in [6.45, 7) is 1.08. The number of aromatic nitrogens is 1. The molecule has 0 saturated heterocycles. The largest absolute Gasteiger partial charge is 0.486 e. The Hall–Kier alpha value is -3.64. The molecule has 5 rings (SSSR count). The third-order valence-electron chi connectivity index (χ3n) is 4.71. The lowest BCUT2D eigenvalue weighted by atomic mass is 10.1. The molecule has 0 fully saturated rings. The molecule has 30 heavy (non-hydrogen) atoms. The molecule has 1 aromatic heterocycles. The van der Waals surface area contributed by atoms with Crippen molar-refractivity contribution in [1.82, 2.24) is 4.98 Å². The molecule has 6 heteroatoms. The lowest BCUT2D eigenvalue weighted by molar-refractivity contribution is 0.104. The van der Waals surface area contributed by atoms with E-state index in [0.29, 0.717) is 40.2 Å². The highest BCUT2D eigenvalue weighted by molar-refractivity contribution is 7.18. The van der Waals surface area contributed by atoms with Crippen molar-refractivity contribution in [3.8, 4) is 22.8 Å². The Labute approximate surface area is 177 Å². The summed E-state index contributed by atoms with van der Waals surface area (Å²) in [5, 5.41) is 3.95. The van der Waals surface area contributed by atoms with E-state index in [1.807, 2.05) is 78.9 Å². The lowest BCUT2D eigenvalue weighted by Gasteiger charge is -2.18. The van der Waals surface area contributed by atoms with Crippen LogP contribution < -0.4 is 14.8 Å². The fourth-order valence-corrected chi connectivity index (χ4v) is 4.25. The Bertz CT molecular complexity index is 1190. The second kappa shape index (κ2) is 8.00. The van der Waals surface area contributed by atoms with Crippen molar-refractivity contribution in [1.29, 1.82) is 0 Å². The third-order valence-corrected chi connectivity index (χ3v) is 5.68. The molecular weight excluding hydrogens is 396 g/mol. The van der Waals surface area contributed by atoms with E-state index >= 15 is 0 Å². The molecule has 0 bridgehead atoms. The van der Waals surface area contributed by atoms with Gasteiger partial charge in [-0.1, -0.05) is 72.0 Å². The quantitative estimate of drug-likeness (QED) is 0.434. The van der Waals surface area contributed by atoms with Gasteiger partial charge in [0, 0.05) is 22.9 Å². The highest BCUT2D eigenvalue weighted by atomic mass is 32.1. The lowest BCUT2D eigenvalue weighted by Crippen LogP contribution is -2.15. The van der Waals surface area contributed by atoms with Gasteiger partial charge in [-0.05, 0) is 12.1 Å². The minimum absolute atomic E-state index is 0.0397. The van der Waals surface area contributed by atoms with Crippen molar-refractivity contribution in [3.05, 3.63) is 89.3 Å². The molecule has 2 heterocycles. The third kappa shape index (κ3) is 3.65. The minimum atomic E-state index is -0.0397. The van der Waals surface area contributed by atoms with Crippen molar-refractivity contribution in [2.24, 2.45) is 0 Å². The summed E-state index contributed by atoms with van der Waals surface area (Å²) >= 11 is 1.35. The molecule has 0 unspecified atom stereocenters. The van der Waals surface area contributed by atoms with Crippen LogP contribution in [0.1, 0.15) is 15.2 Å². The molecule has 1 N–H and O–H groups in total. The molecule has 148 valence electrons. The van der Waals surface area contributed by atoms with E-state index in [1.165, 1.54) is 11.3 Å². The molecule has 0 radical (unpaired) electrons. The van der Waals surface area contributed by atoms with Crippen molar-refractivity contribution < 1.29 is 14.3 Å². The van der Waals surface area contributed by atoms with E-state index in [-0.39, 0.29) is 5.78 Å². The van der Waals surface area contributed by atoms with Gasteiger partial charge in [0.25, 0.3) is 0 Å². The van der Waals surface area contributed by atoms with Gasteiger partial charge in [-0.3, -0.25) is 4.79 Å². The molecule has 1 aliphatic heterocycles. The summed E-state index contributed by atoms with van der Waals surface area (Å²) in [6, 6.07) is 24.7. The number of fused-ring (bicyclic) bond motifs is 1. The number of benzene rings is 3. The molecule has 5 nitrogen and oxygen atoms in total. The number of ether oxygens (including phenoxy) is 2. The van der Waals surface area contributed by atoms with Gasteiger partial charge >= 0.3 is 0 Å². The highest BCUT2D eigenvalue weighted by Crippen LogP contribution is 2.37. The molecule has 3 aromatic carbocycles. The first-order valence-corrected chi connectivity index (χ1v) is 10.4. The summed E-state index contributed by atoms with van der Waals surface area (Å²) in [7, 11) is 0. The summed E-state index contributed by atoms with van der Waals surface area (Å²) in [4.78, 5) is 18.6. The first kappa shape index (κ1) is 18.4. The molecule has 4 aromatic rings. The molecule has 0 aliphatic carbocycles. The second-order valence-electron chi connectivity index (χ2n) is 6.74. The number of rotatable bonds is 5. The van der Waals surface area contributed by atoms with Crippen LogP contribution in [-0.4, -0.2) is 24.0 Å². The zero-order valence-electron chi connectivity index (χ0n) is 16.0. The maximum Gasteiger partial charge on any atom is 0.205 e. The second-order valence-corrected chi connectivity index (χ2v) is 7.74. The summed E-state index contributed by atoms with van der Waals surface area (Å²) in [5.74, 6) is 1.39. The fourth-order valence-electron chi connectivity index (χ4n) is 3.28. The number of carbonyl (C=O) groups is 1. The van der Waals surface area contributed by atoms with Gasteiger partial charge < -0.3 is 14.8 Å². The average molecular weight is 414 g/mol. The minimum Gasteiger partial charge on any atom is -0.486 e. The Kier molecular flexibility index (Phi) is 4.91. The first-order chi connectivity index (χ1) is 14.8. The highest BCUT2D eigenvalue weighted by Gasteiger charge is 2.21. The number of ketones is 1. The van der Waals surface area contributed by atoms with E-state index in [4.69, 9.17) is 14.5 Å². The zero-order valence-corrected chi connectivity index (χ0v) is 16.8. The van der Waals surface area contributed by atoms with Gasteiger partial charge in [0.2, 0.25) is 5.78 Å². The molecule has 0 spiro atoms. The molecule has 1 aliphatic rings. The predicted octanol–water partition coefficient (Wildman–Crippen LogP) is 5.56. The van der Waals surface area contributed by atoms with E-state index in [9.17, 15) is 4.79 Å². The van der Waals surface area contributed by atoms with E-state index < -0.39 is 0 Å². The van der Waals surface area contributed by atoms with Gasteiger partial charge in [0.05, 0.1) is 5.69 Å². The van der Waals surface area contributed by atoms with Crippen LogP contribution in [-0.2, 0) is 0 Å². The zero-order chi connectivity index (χ0) is 20.3. The van der Waals surface area contributed by atoms with E-state index in [1.54, 1.807) is 0 Å². The Balaban J connectivity index is 1.52. The van der Waals surface area contributed by atoms with Gasteiger partial charge in [0.15, 0.2) is 16.6 Å². The molecule has 0 amide bonds. The van der Waals surface area contributed by atoms with Crippen LogP contribution in [0, 0.1) is 0 Å². The smallest absolute Gasteiger partial charge is 0.205 e.